The van der Waals surface area contributed by atoms with Crippen LogP contribution in [0.1, 0.15) is 19.8 Å². The lowest BCUT2D eigenvalue weighted by atomic mass is 9.83. The Labute approximate surface area is 90.2 Å². The molecule has 0 spiro atoms. The van der Waals surface area contributed by atoms with Crippen molar-refractivity contribution in [2.24, 2.45) is 11.3 Å². The summed E-state index contributed by atoms with van der Waals surface area (Å²) in [5.41, 5.74) is 0.0444. The Morgan fingerprint density at radius 1 is 1.53 bits per heavy atom. The van der Waals surface area contributed by atoms with Crippen molar-refractivity contribution in [1.29, 1.82) is 0 Å². The van der Waals surface area contributed by atoms with E-state index in [4.69, 9.17) is 0 Å². The number of carbonyl (C=O) groups is 2. The first-order valence-corrected chi connectivity index (χ1v) is 5.40. The summed E-state index contributed by atoms with van der Waals surface area (Å²) in [5, 5.41) is 0. The first kappa shape index (κ1) is 10.5. The van der Waals surface area contributed by atoms with Crippen LogP contribution in [0.4, 0.5) is 4.79 Å². The molecule has 0 unspecified atom stereocenters. The Morgan fingerprint density at radius 3 is 2.73 bits per heavy atom. The number of rotatable bonds is 0. The number of ketones is 1. The minimum atomic E-state index is 0.0444. The topological polar surface area (TPSA) is 40.6 Å². The molecule has 2 aliphatic rings. The van der Waals surface area contributed by atoms with Crippen molar-refractivity contribution in [3.8, 4) is 0 Å². The van der Waals surface area contributed by atoms with Gasteiger partial charge in [0, 0.05) is 40.0 Å². The number of carbonyl (C=O) groups excluding carboxylic acids is 2. The van der Waals surface area contributed by atoms with Crippen LogP contribution in [-0.2, 0) is 4.79 Å². The SMILES string of the molecule is CN(C)C(=O)N1C[C@@H]2CC(=O)C[C@]2(C)C1. The van der Waals surface area contributed by atoms with Gasteiger partial charge in [0.2, 0.25) is 0 Å². The molecule has 2 amide bonds. The van der Waals surface area contributed by atoms with Crippen LogP contribution < -0.4 is 0 Å². The van der Waals surface area contributed by atoms with E-state index in [1.807, 2.05) is 4.90 Å². The van der Waals surface area contributed by atoms with Gasteiger partial charge < -0.3 is 9.80 Å². The highest BCUT2D eigenvalue weighted by atomic mass is 16.2. The lowest BCUT2D eigenvalue weighted by molar-refractivity contribution is -0.118. The number of hydrogen-bond acceptors (Lipinski definition) is 2. The van der Waals surface area contributed by atoms with E-state index >= 15 is 0 Å². The molecule has 2 atom stereocenters. The average Bonchev–Trinajstić information content (AvgIpc) is 2.53. The van der Waals surface area contributed by atoms with E-state index in [0.29, 0.717) is 24.5 Å². The number of nitrogens with zero attached hydrogens (tertiary/aromatic N) is 2. The van der Waals surface area contributed by atoms with Crippen molar-refractivity contribution in [3.63, 3.8) is 0 Å². The van der Waals surface area contributed by atoms with Crippen LogP contribution in [0.2, 0.25) is 0 Å². The molecule has 1 aliphatic carbocycles. The van der Waals surface area contributed by atoms with Crippen molar-refractivity contribution in [3.05, 3.63) is 0 Å². The molecule has 4 nitrogen and oxygen atoms in total. The van der Waals surface area contributed by atoms with Gasteiger partial charge in [0.15, 0.2) is 0 Å². The molecule has 0 radical (unpaired) electrons. The van der Waals surface area contributed by atoms with Gasteiger partial charge in [0.05, 0.1) is 0 Å². The predicted octanol–water partition coefficient (Wildman–Crippen LogP) is 0.969. The summed E-state index contributed by atoms with van der Waals surface area (Å²) in [5.74, 6) is 0.744. The molecule has 0 aromatic rings. The zero-order chi connectivity index (χ0) is 11.2. The molecule has 0 N–H and O–H groups in total. The lowest BCUT2D eigenvalue weighted by Crippen LogP contribution is -2.39. The van der Waals surface area contributed by atoms with Gasteiger partial charge in [-0.05, 0) is 11.3 Å². The fraction of sp³-hybridized carbons (Fsp3) is 0.818. The number of Topliss-reactive ketones (excluding diaryl/α,β-unsaturated/α-hetero) is 1. The largest absolute Gasteiger partial charge is 0.331 e. The van der Waals surface area contributed by atoms with E-state index in [9.17, 15) is 9.59 Å². The van der Waals surface area contributed by atoms with E-state index in [1.54, 1.807) is 19.0 Å². The van der Waals surface area contributed by atoms with Gasteiger partial charge in [-0.2, -0.15) is 0 Å². The number of hydrogen-bond donors (Lipinski definition) is 0. The summed E-state index contributed by atoms with van der Waals surface area (Å²) in [6, 6.07) is 0.0677. The summed E-state index contributed by atoms with van der Waals surface area (Å²) >= 11 is 0. The van der Waals surface area contributed by atoms with E-state index in [0.717, 1.165) is 13.1 Å². The molecule has 2 rings (SSSR count). The second kappa shape index (κ2) is 3.22. The average molecular weight is 210 g/mol. The molecular formula is C11H18N2O2. The van der Waals surface area contributed by atoms with Gasteiger partial charge in [0.25, 0.3) is 0 Å². The Balaban J connectivity index is 2.08. The van der Waals surface area contributed by atoms with E-state index < -0.39 is 0 Å². The van der Waals surface area contributed by atoms with Crippen LogP contribution in [-0.4, -0.2) is 48.8 Å². The number of amides is 2. The van der Waals surface area contributed by atoms with Crippen molar-refractivity contribution < 1.29 is 9.59 Å². The molecule has 0 aromatic heterocycles. The predicted molar refractivity (Wildman–Crippen MR) is 56.5 cm³/mol. The molecule has 84 valence electrons. The second-order valence-corrected chi connectivity index (χ2v) is 5.33. The maximum absolute atomic E-state index is 11.8. The highest BCUT2D eigenvalue weighted by molar-refractivity contribution is 5.83. The third-order valence-electron chi connectivity index (χ3n) is 3.71. The van der Waals surface area contributed by atoms with E-state index in [-0.39, 0.29) is 11.4 Å². The fourth-order valence-corrected chi connectivity index (χ4v) is 2.85. The highest BCUT2D eigenvalue weighted by Gasteiger charge is 2.50. The summed E-state index contributed by atoms with van der Waals surface area (Å²) < 4.78 is 0. The molecule has 0 aromatic carbocycles. The normalized spacial score (nSPS) is 34.5. The first-order valence-electron chi connectivity index (χ1n) is 5.40. The molecule has 15 heavy (non-hydrogen) atoms. The first-order chi connectivity index (χ1) is 6.92. The zero-order valence-corrected chi connectivity index (χ0v) is 9.62. The summed E-state index contributed by atoms with van der Waals surface area (Å²) in [6.07, 6.45) is 1.31. The van der Waals surface area contributed by atoms with E-state index in [1.165, 1.54) is 0 Å². The van der Waals surface area contributed by atoms with Gasteiger partial charge >= 0.3 is 6.03 Å². The maximum Gasteiger partial charge on any atom is 0.319 e. The van der Waals surface area contributed by atoms with Crippen LogP contribution in [0.15, 0.2) is 0 Å². The van der Waals surface area contributed by atoms with Crippen molar-refractivity contribution >= 4 is 11.8 Å². The van der Waals surface area contributed by atoms with Crippen LogP contribution >= 0.6 is 0 Å². The molecule has 0 bridgehead atoms. The third-order valence-corrected chi connectivity index (χ3v) is 3.71. The lowest BCUT2D eigenvalue weighted by Gasteiger charge is -2.24. The fourth-order valence-electron chi connectivity index (χ4n) is 2.85. The molecule has 1 saturated carbocycles. The number of likely N-dealkylation sites (tertiary alicyclic amines) is 1. The van der Waals surface area contributed by atoms with Crippen LogP contribution in [0, 0.1) is 11.3 Å². The Kier molecular flexibility index (Phi) is 2.24. The van der Waals surface area contributed by atoms with E-state index in [2.05, 4.69) is 6.92 Å². The second-order valence-electron chi connectivity index (χ2n) is 5.33. The Morgan fingerprint density at radius 2 is 2.20 bits per heavy atom. The van der Waals surface area contributed by atoms with Crippen molar-refractivity contribution in [2.75, 3.05) is 27.2 Å². The van der Waals surface area contributed by atoms with Gasteiger partial charge in [-0.25, -0.2) is 4.79 Å². The zero-order valence-electron chi connectivity index (χ0n) is 9.62. The highest BCUT2D eigenvalue weighted by Crippen LogP contribution is 2.46. The molecular weight excluding hydrogens is 192 g/mol. The van der Waals surface area contributed by atoms with Gasteiger partial charge in [0.1, 0.15) is 5.78 Å². The van der Waals surface area contributed by atoms with Crippen LogP contribution in [0.5, 0.6) is 0 Å². The molecule has 1 heterocycles. The Bertz CT molecular complexity index is 314. The van der Waals surface area contributed by atoms with Gasteiger partial charge in [-0.15, -0.1) is 0 Å². The van der Waals surface area contributed by atoms with Crippen molar-refractivity contribution in [1.82, 2.24) is 9.80 Å². The molecule has 4 heteroatoms. The van der Waals surface area contributed by atoms with Gasteiger partial charge in [-0.3, -0.25) is 4.79 Å². The quantitative estimate of drug-likeness (QED) is 0.597. The minimum absolute atomic E-state index is 0.0444. The monoisotopic (exact) mass is 210 g/mol. The Hall–Kier alpha value is -1.06. The number of urea groups is 1. The third kappa shape index (κ3) is 1.62. The molecule has 1 aliphatic heterocycles. The molecule has 1 saturated heterocycles. The van der Waals surface area contributed by atoms with Crippen molar-refractivity contribution in [2.45, 2.75) is 19.8 Å². The smallest absolute Gasteiger partial charge is 0.319 e. The van der Waals surface area contributed by atoms with Crippen LogP contribution in [0.3, 0.4) is 0 Å². The molecule has 2 fully saturated rings. The van der Waals surface area contributed by atoms with Gasteiger partial charge in [-0.1, -0.05) is 6.92 Å². The maximum atomic E-state index is 11.8. The summed E-state index contributed by atoms with van der Waals surface area (Å²) in [7, 11) is 3.54. The minimum Gasteiger partial charge on any atom is -0.331 e. The number of fused-ring (bicyclic) bond motifs is 1. The summed E-state index contributed by atoms with van der Waals surface area (Å²) in [6.45, 7) is 3.62. The standard InChI is InChI=1S/C11H18N2O2/c1-11-5-9(14)4-8(11)6-13(7-11)10(15)12(2)3/h8H,4-7H2,1-3H3/t8-,11+/m0/s1. The van der Waals surface area contributed by atoms with Crippen LogP contribution in [0.25, 0.3) is 0 Å². The summed E-state index contributed by atoms with van der Waals surface area (Å²) in [4.78, 5) is 26.6.